The fourth-order valence-electron chi connectivity index (χ4n) is 3.65. The molecule has 0 aliphatic carbocycles. The van der Waals surface area contributed by atoms with Crippen LogP contribution in [0.2, 0.25) is 0 Å². The van der Waals surface area contributed by atoms with E-state index < -0.39 is 23.4 Å². The molecule has 0 aliphatic heterocycles. The lowest BCUT2D eigenvalue weighted by Gasteiger charge is -2.11. The number of hydrogen-bond donors (Lipinski definition) is 1. The van der Waals surface area contributed by atoms with Crippen LogP contribution in [0.3, 0.4) is 0 Å². The molecule has 1 aromatic carbocycles. The Hall–Kier alpha value is -3.82. The molecule has 5 aromatic rings. The first-order valence-corrected chi connectivity index (χ1v) is 9.77. The molecule has 162 valence electrons. The van der Waals surface area contributed by atoms with Crippen LogP contribution in [0, 0.1) is 5.82 Å². The Bertz CT molecular complexity index is 1460. The number of aromatic amines is 1. The third kappa shape index (κ3) is 3.19. The van der Waals surface area contributed by atoms with Gasteiger partial charge in [-0.25, -0.2) is 9.37 Å². The summed E-state index contributed by atoms with van der Waals surface area (Å²) in [5, 5.41) is 6.47. The molecular formula is C22H16F4N6. The Morgan fingerprint density at radius 3 is 2.62 bits per heavy atom. The summed E-state index contributed by atoms with van der Waals surface area (Å²) in [5.74, 6) is -0.650. The maximum absolute atomic E-state index is 15.2. The van der Waals surface area contributed by atoms with Crippen molar-refractivity contribution in [3.8, 4) is 22.5 Å². The fraction of sp³-hybridized carbons (Fsp3) is 0.182. The molecule has 0 amide bonds. The predicted octanol–water partition coefficient (Wildman–Crippen LogP) is 5.62. The highest BCUT2D eigenvalue weighted by molar-refractivity contribution is 5.85. The zero-order valence-electron chi connectivity index (χ0n) is 16.9. The summed E-state index contributed by atoms with van der Waals surface area (Å²) < 4.78 is 58.1. The molecule has 0 fully saturated rings. The minimum Gasteiger partial charge on any atom is -0.295 e. The summed E-state index contributed by atoms with van der Waals surface area (Å²) in [6.45, 7) is 3.97. The summed E-state index contributed by atoms with van der Waals surface area (Å²) in [5.41, 5.74) is 0.459. The van der Waals surface area contributed by atoms with Crippen LogP contribution >= 0.6 is 0 Å². The number of aromatic nitrogens is 6. The number of nitrogens with zero attached hydrogens (tertiary/aromatic N) is 5. The van der Waals surface area contributed by atoms with Crippen LogP contribution in [0.25, 0.3) is 39.1 Å². The van der Waals surface area contributed by atoms with Crippen LogP contribution in [0.4, 0.5) is 17.6 Å². The molecule has 0 radical (unpaired) electrons. The third-order valence-electron chi connectivity index (χ3n) is 5.26. The summed E-state index contributed by atoms with van der Waals surface area (Å²) in [7, 11) is 0. The normalized spacial score (nSPS) is 12.3. The molecule has 5 rings (SSSR count). The second-order valence-corrected chi connectivity index (χ2v) is 7.69. The Kier molecular flexibility index (Phi) is 4.47. The van der Waals surface area contributed by atoms with E-state index in [1.165, 1.54) is 35.1 Å². The summed E-state index contributed by atoms with van der Waals surface area (Å²) in [4.78, 5) is 12.3. The van der Waals surface area contributed by atoms with Gasteiger partial charge in [0.15, 0.2) is 11.3 Å². The smallest absolute Gasteiger partial charge is 0.295 e. The maximum atomic E-state index is 15.2. The highest BCUT2D eigenvalue weighted by atomic mass is 19.4. The van der Waals surface area contributed by atoms with E-state index in [1.54, 1.807) is 12.3 Å². The van der Waals surface area contributed by atoms with Crippen LogP contribution < -0.4 is 0 Å². The Labute approximate surface area is 179 Å². The second kappa shape index (κ2) is 7.11. The number of halogens is 4. The fourth-order valence-corrected chi connectivity index (χ4v) is 3.65. The van der Waals surface area contributed by atoms with Crippen LogP contribution in [0.1, 0.15) is 31.2 Å². The molecule has 0 spiro atoms. The highest BCUT2D eigenvalue weighted by Gasteiger charge is 2.39. The van der Waals surface area contributed by atoms with Gasteiger partial charge < -0.3 is 0 Å². The van der Waals surface area contributed by atoms with E-state index in [9.17, 15) is 13.2 Å². The highest BCUT2D eigenvalue weighted by Crippen LogP contribution is 2.39. The number of alkyl halides is 3. The maximum Gasteiger partial charge on any atom is 0.435 e. The molecule has 0 aliphatic rings. The van der Waals surface area contributed by atoms with E-state index >= 15 is 4.39 Å². The number of H-pyrrole nitrogens is 1. The van der Waals surface area contributed by atoms with Gasteiger partial charge in [0.25, 0.3) is 0 Å². The molecule has 4 aromatic heterocycles. The van der Waals surface area contributed by atoms with Gasteiger partial charge in [-0.2, -0.15) is 18.3 Å². The van der Waals surface area contributed by atoms with Crippen LogP contribution in [-0.4, -0.2) is 29.5 Å². The van der Waals surface area contributed by atoms with Crippen LogP contribution in [-0.2, 0) is 6.18 Å². The average molecular weight is 440 g/mol. The van der Waals surface area contributed by atoms with Crippen molar-refractivity contribution in [1.29, 1.82) is 0 Å². The lowest BCUT2D eigenvalue weighted by Crippen LogP contribution is -2.08. The minimum absolute atomic E-state index is 0.0408. The topological polar surface area (TPSA) is 71.8 Å². The first kappa shape index (κ1) is 20.1. The van der Waals surface area contributed by atoms with Crippen LogP contribution in [0.5, 0.6) is 0 Å². The third-order valence-corrected chi connectivity index (χ3v) is 5.26. The number of fused-ring (bicyclic) bond motifs is 2. The van der Waals surface area contributed by atoms with E-state index in [0.29, 0.717) is 16.8 Å². The molecule has 0 saturated carbocycles. The van der Waals surface area contributed by atoms with E-state index in [2.05, 4.69) is 25.1 Å². The number of benzene rings is 1. The molecule has 0 saturated heterocycles. The molecule has 32 heavy (non-hydrogen) atoms. The number of imidazole rings is 1. The van der Waals surface area contributed by atoms with E-state index in [4.69, 9.17) is 0 Å². The minimum atomic E-state index is -4.79. The van der Waals surface area contributed by atoms with Crippen molar-refractivity contribution in [3.05, 3.63) is 66.3 Å². The Morgan fingerprint density at radius 1 is 1.06 bits per heavy atom. The summed E-state index contributed by atoms with van der Waals surface area (Å²) >= 11 is 0. The van der Waals surface area contributed by atoms with Crippen molar-refractivity contribution in [3.63, 3.8) is 0 Å². The van der Waals surface area contributed by atoms with E-state index in [-0.39, 0.29) is 22.5 Å². The van der Waals surface area contributed by atoms with Gasteiger partial charge in [0.2, 0.25) is 0 Å². The Morgan fingerprint density at radius 2 is 1.88 bits per heavy atom. The molecule has 10 heteroatoms. The SMILES string of the molecule is CC(C)c1cc(-c2cn3c(-c4ccc5[nH]ncc5c4F)c(C(F)(F)F)nc3cn2)ccn1. The quantitative estimate of drug-likeness (QED) is 0.370. The molecular weight excluding hydrogens is 424 g/mol. The van der Waals surface area contributed by atoms with Gasteiger partial charge in [-0.1, -0.05) is 13.8 Å². The lowest BCUT2D eigenvalue weighted by molar-refractivity contribution is -0.140. The monoisotopic (exact) mass is 440 g/mol. The zero-order chi connectivity index (χ0) is 22.6. The van der Waals surface area contributed by atoms with Gasteiger partial charge in [-0.15, -0.1) is 0 Å². The predicted molar refractivity (Wildman–Crippen MR) is 110 cm³/mol. The lowest BCUT2D eigenvalue weighted by atomic mass is 10.1. The zero-order valence-corrected chi connectivity index (χ0v) is 16.9. The molecule has 0 bridgehead atoms. The van der Waals surface area contributed by atoms with Crippen molar-refractivity contribution in [1.82, 2.24) is 29.5 Å². The van der Waals surface area contributed by atoms with Gasteiger partial charge in [-0.05, 0) is 30.2 Å². The number of rotatable bonds is 3. The first-order chi connectivity index (χ1) is 15.2. The number of nitrogens with one attached hydrogen (secondary N) is 1. The molecule has 6 nitrogen and oxygen atoms in total. The van der Waals surface area contributed by atoms with Crippen LogP contribution in [0.15, 0.2) is 49.1 Å². The van der Waals surface area contributed by atoms with Crippen molar-refractivity contribution < 1.29 is 17.6 Å². The summed E-state index contributed by atoms with van der Waals surface area (Å²) in [6, 6.07) is 6.33. The van der Waals surface area contributed by atoms with E-state index in [0.717, 1.165) is 5.69 Å². The molecule has 0 atom stereocenters. The van der Waals surface area contributed by atoms with Gasteiger partial charge in [0, 0.05) is 29.2 Å². The standard InChI is InChI=1S/C22H16F4N6/c1-11(2)16-7-12(5-6-27-16)17-10-32-18(9-28-17)30-21(22(24,25)26)20(32)13-3-4-15-14(19(13)23)8-29-31-15/h3-11H,1-2H3,(H,29,31). The van der Waals surface area contributed by atoms with Gasteiger partial charge in [0.1, 0.15) is 5.82 Å². The summed E-state index contributed by atoms with van der Waals surface area (Å²) in [6.07, 6.45) is 0.755. The molecule has 1 N–H and O–H groups in total. The van der Waals surface area contributed by atoms with E-state index in [1.807, 2.05) is 19.9 Å². The van der Waals surface area contributed by atoms with Crippen molar-refractivity contribution in [2.75, 3.05) is 0 Å². The number of hydrogen-bond acceptors (Lipinski definition) is 4. The Balaban J connectivity index is 1.79. The average Bonchev–Trinajstić information content (AvgIpc) is 3.39. The molecule has 4 heterocycles. The van der Waals surface area contributed by atoms with Gasteiger partial charge >= 0.3 is 6.18 Å². The largest absolute Gasteiger partial charge is 0.435 e. The van der Waals surface area contributed by atoms with Crippen molar-refractivity contribution in [2.24, 2.45) is 0 Å². The van der Waals surface area contributed by atoms with Crippen molar-refractivity contribution >= 4 is 16.6 Å². The van der Waals surface area contributed by atoms with Gasteiger partial charge in [0.05, 0.1) is 34.7 Å². The van der Waals surface area contributed by atoms with Gasteiger partial charge in [-0.3, -0.25) is 19.5 Å². The first-order valence-electron chi connectivity index (χ1n) is 9.77. The second-order valence-electron chi connectivity index (χ2n) is 7.69. The van der Waals surface area contributed by atoms with Crippen molar-refractivity contribution in [2.45, 2.75) is 25.9 Å². The number of pyridine rings is 1. The molecule has 0 unspecified atom stereocenters.